The Kier molecular flexibility index (Phi) is 4.65. The van der Waals surface area contributed by atoms with Gasteiger partial charge in [-0.15, -0.1) is 0 Å². The first kappa shape index (κ1) is 17.9. The van der Waals surface area contributed by atoms with Crippen molar-refractivity contribution < 1.29 is 28.5 Å². The van der Waals surface area contributed by atoms with Gasteiger partial charge in [0.15, 0.2) is 11.5 Å². The van der Waals surface area contributed by atoms with E-state index in [0.717, 1.165) is 0 Å². The van der Waals surface area contributed by atoms with E-state index in [1.54, 1.807) is 24.3 Å². The highest BCUT2D eigenvalue weighted by molar-refractivity contribution is 5.84. The maximum absolute atomic E-state index is 13.1. The molecular weight excluding hydrogens is 364 g/mol. The molecule has 1 aliphatic heterocycles. The number of aryl methyl sites for hydroxylation is 1. The second-order valence-electron chi connectivity index (χ2n) is 6.31. The number of carboxylic acid groups (broad SMARTS) is 1. The van der Waals surface area contributed by atoms with Crippen molar-refractivity contribution in [2.45, 2.75) is 13.3 Å². The van der Waals surface area contributed by atoms with Gasteiger partial charge in [-0.1, -0.05) is 13.0 Å². The van der Waals surface area contributed by atoms with Crippen LogP contribution in [-0.2, 0) is 11.2 Å². The Morgan fingerprint density at radius 2 is 1.93 bits per heavy atom. The third-order valence-corrected chi connectivity index (χ3v) is 4.54. The van der Waals surface area contributed by atoms with Gasteiger partial charge in [-0.3, -0.25) is 4.79 Å². The fraction of sp³-hybridized carbons (Fsp3) is 0.238. The van der Waals surface area contributed by atoms with Crippen LogP contribution in [0.25, 0.3) is 22.1 Å². The van der Waals surface area contributed by atoms with E-state index in [0.29, 0.717) is 64.5 Å². The van der Waals surface area contributed by atoms with E-state index in [2.05, 4.69) is 0 Å². The number of hydrogen-bond donors (Lipinski definition) is 0. The summed E-state index contributed by atoms with van der Waals surface area (Å²) in [6.07, 6.45) is 1.94. The molecule has 28 heavy (non-hydrogen) atoms. The molecule has 0 aliphatic carbocycles. The zero-order chi connectivity index (χ0) is 19.7. The first-order valence-corrected chi connectivity index (χ1v) is 8.88. The number of aliphatic carboxylic acids is 1. The van der Waals surface area contributed by atoms with Crippen LogP contribution in [0.1, 0.15) is 12.5 Å². The molecule has 0 saturated carbocycles. The SMILES string of the molecule is CCc1cc2c(=O)c(-c3ccc4c(c3)OCCO4)coc2cc1OCC(=O)[O-]. The number of ether oxygens (including phenoxy) is 3. The first-order chi connectivity index (χ1) is 13.6. The summed E-state index contributed by atoms with van der Waals surface area (Å²) in [5, 5.41) is 11.1. The second kappa shape index (κ2) is 7.26. The highest BCUT2D eigenvalue weighted by Gasteiger charge is 2.16. The average Bonchev–Trinajstić information content (AvgIpc) is 2.71. The highest BCUT2D eigenvalue weighted by Crippen LogP contribution is 2.34. The minimum Gasteiger partial charge on any atom is -0.546 e. The Morgan fingerprint density at radius 1 is 1.14 bits per heavy atom. The number of carbonyl (C=O) groups excluding carboxylic acids is 1. The molecule has 0 saturated heterocycles. The number of carboxylic acids is 1. The van der Waals surface area contributed by atoms with Gasteiger partial charge < -0.3 is 28.5 Å². The molecule has 0 N–H and O–H groups in total. The summed E-state index contributed by atoms with van der Waals surface area (Å²) in [6, 6.07) is 8.51. The van der Waals surface area contributed by atoms with Crippen molar-refractivity contribution in [3.8, 4) is 28.4 Å². The summed E-state index contributed by atoms with van der Waals surface area (Å²) in [5.41, 5.74) is 1.89. The highest BCUT2D eigenvalue weighted by atomic mass is 16.6. The molecule has 0 atom stereocenters. The Hall–Kier alpha value is -3.48. The molecule has 0 amide bonds. The minimum absolute atomic E-state index is 0.195. The van der Waals surface area contributed by atoms with Crippen LogP contribution in [0.3, 0.4) is 0 Å². The standard InChI is InChI=1S/C21H18O7/c1-2-12-7-14-18(9-17(12)28-11-20(22)23)27-10-15(21(14)24)13-3-4-16-19(8-13)26-6-5-25-16/h3-4,7-10H,2,5-6,11H2,1H3,(H,22,23)/p-1. The van der Waals surface area contributed by atoms with E-state index in [9.17, 15) is 14.7 Å². The van der Waals surface area contributed by atoms with Crippen LogP contribution in [0.15, 0.2) is 45.8 Å². The van der Waals surface area contributed by atoms with Crippen molar-refractivity contribution >= 4 is 16.9 Å². The molecular formula is C21H17O7-. The zero-order valence-electron chi connectivity index (χ0n) is 15.2. The topological polar surface area (TPSA) is 98.0 Å². The lowest BCUT2D eigenvalue weighted by Gasteiger charge is -2.18. The van der Waals surface area contributed by atoms with Crippen LogP contribution in [0.2, 0.25) is 0 Å². The smallest absolute Gasteiger partial charge is 0.200 e. The normalized spacial score (nSPS) is 12.8. The van der Waals surface area contributed by atoms with Crippen molar-refractivity contribution in [3.63, 3.8) is 0 Å². The molecule has 0 spiro atoms. The molecule has 7 nitrogen and oxygen atoms in total. The van der Waals surface area contributed by atoms with Crippen molar-refractivity contribution in [2.75, 3.05) is 19.8 Å². The maximum Gasteiger partial charge on any atom is 0.200 e. The molecule has 3 aromatic rings. The van der Waals surface area contributed by atoms with Gasteiger partial charge in [0.2, 0.25) is 5.43 Å². The summed E-state index contributed by atoms with van der Waals surface area (Å²) < 4.78 is 22.0. The predicted molar refractivity (Wildman–Crippen MR) is 98.8 cm³/mol. The van der Waals surface area contributed by atoms with Crippen LogP contribution >= 0.6 is 0 Å². The number of rotatable bonds is 5. The third-order valence-electron chi connectivity index (χ3n) is 4.54. The molecule has 7 heteroatoms. The van der Waals surface area contributed by atoms with Gasteiger partial charge in [-0.05, 0) is 35.7 Å². The van der Waals surface area contributed by atoms with Crippen LogP contribution in [0.4, 0.5) is 0 Å². The molecule has 144 valence electrons. The lowest BCUT2D eigenvalue weighted by Crippen LogP contribution is -2.29. The van der Waals surface area contributed by atoms with Crippen molar-refractivity contribution in [3.05, 3.63) is 52.4 Å². The number of fused-ring (bicyclic) bond motifs is 2. The fourth-order valence-electron chi connectivity index (χ4n) is 3.16. The van der Waals surface area contributed by atoms with E-state index >= 15 is 0 Å². The molecule has 1 aliphatic rings. The zero-order valence-corrected chi connectivity index (χ0v) is 15.2. The van der Waals surface area contributed by atoms with Crippen LogP contribution in [0.5, 0.6) is 17.2 Å². The van der Waals surface area contributed by atoms with E-state index in [1.807, 2.05) is 6.92 Å². The van der Waals surface area contributed by atoms with Crippen molar-refractivity contribution in [2.24, 2.45) is 0 Å². The van der Waals surface area contributed by atoms with Gasteiger partial charge in [0.1, 0.15) is 37.4 Å². The van der Waals surface area contributed by atoms with Crippen LogP contribution < -0.4 is 24.7 Å². The number of hydrogen-bond acceptors (Lipinski definition) is 7. The lowest BCUT2D eigenvalue weighted by molar-refractivity contribution is -0.307. The van der Waals surface area contributed by atoms with Crippen LogP contribution in [-0.4, -0.2) is 25.8 Å². The lowest BCUT2D eigenvalue weighted by atomic mass is 10.0. The van der Waals surface area contributed by atoms with E-state index in [1.165, 1.54) is 12.3 Å². The van der Waals surface area contributed by atoms with E-state index < -0.39 is 12.6 Å². The van der Waals surface area contributed by atoms with Gasteiger partial charge >= 0.3 is 0 Å². The Labute approximate surface area is 160 Å². The maximum atomic E-state index is 13.1. The van der Waals surface area contributed by atoms with Gasteiger partial charge in [-0.2, -0.15) is 0 Å². The summed E-state index contributed by atoms with van der Waals surface area (Å²) in [7, 11) is 0. The van der Waals surface area contributed by atoms with Gasteiger partial charge in [-0.25, -0.2) is 0 Å². The van der Waals surface area contributed by atoms with E-state index in [4.69, 9.17) is 18.6 Å². The Morgan fingerprint density at radius 3 is 2.68 bits per heavy atom. The molecule has 0 fully saturated rings. The molecule has 0 radical (unpaired) electrons. The molecule has 1 aromatic heterocycles. The monoisotopic (exact) mass is 381 g/mol. The average molecular weight is 381 g/mol. The molecule has 4 rings (SSSR count). The van der Waals surface area contributed by atoms with Crippen molar-refractivity contribution in [1.82, 2.24) is 0 Å². The summed E-state index contributed by atoms with van der Waals surface area (Å²) >= 11 is 0. The summed E-state index contributed by atoms with van der Waals surface area (Å²) in [5.74, 6) is 0.263. The van der Waals surface area contributed by atoms with E-state index in [-0.39, 0.29) is 5.43 Å². The molecule has 0 unspecified atom stereocenters. The van der Waals surface area contributed by atoms with Gasteiger partial charge in [0.05, 0.1) is 16.9 Å². The quantitative estimate of drug-likeness (QED) is 0.666. The number of benzene rings is 2. The largest absolute Gasteiger partial charge is 0.546 e. The molecule has 2 heterocycles. The van der Waals surface area contributed by atoms with Gasteiger partial charge in [0, 0.05) is 6.07 Å². The van der Waals surface area contributed by atoms with Crippen molar-refractivity contribution in [1.29, 1.82) is 0 Å². The van der Waals surface area contributed by atoms with Crippen LogP contribution in [0, 0.1) is 0 Å². The molecule has 2 aromatic carbocycles. The predicted octanol–water partition coefficient (Wildman–Crippen LogP) is 1.92. The third kappa shape index (κ3) is 3.26. The summed E-state index contributed by atoms with van der Waals surface area (Å²) in [4.78, 5) is 23.7. The second-order valence-corrected chi connectivity index (χ2v) is 6.31. The van der Waals surface area contributed by atoms with Gasteiger partial charge in [0.25, 0.3) is 0 Å². The molecule has 0 bridgehead atoms. The fourth-order valence-corrected chi connectivity index (χ4v) is 3.16. The Bertz CT molecular complexity index is 1110. The first-order valence-electron chi connectivity index (χ1n) is 8.88. The minimum atomic E-state index is -1.32. The summed E-state index contributed by atoms with van der Waals surface area (Å²) in [6.45, 7) is 2.27. The number of carbonyl (C=O) groups is 1. The Balaban J connectivity index is 1.79.